The summed E-state index contributed by atoms with van der Waals surface area (Å²) < 4.78 is 50.8. The number of aliphatic hydroxyl groups excluding tert-OH is 1. The van der Waals surface area contributed by atoms with Crippen molar-refractivity contribution < 1.29 is 42.2 Å². The Balaban J connectivity index is 1.33. The third kappa shape index (κ3) is 6.27. The molecule has 10 nitrogen and oxygen atoms in total. The molecule has 0 aliphatic carbocycles. The molecule has 2 aliphatic heterocycles. The molecule has 1 saturated heterocycles. The molecule has 1 amide bonds. The zero-order valence-electron chi connectivity index (χ0n) is 21.3. The molecule has 1 aromatic carbocycles. The van der Waals surface area contributed by atoms with Crippen molar-refractivity contribution >= 4 is 11.9 Å². The van der Waals surface area contributed by atoms with Crippen LogP contribution in [0.4, 0.5) is 13.2 Å². The highest BCUT2D eigenvalue weighted by molar-refractivity contribution is 5.98. The smallest absolute Gasteiger partial charge is 0.491 e. The van der Waals surface area contributed by atoms with Gasteiger partial charge in [0.15, 0.2) is 0 Å². The largest absolute Gasteiger partial charge is 0.493 e. The average molecular weight is 561 g/mol. The molecule has 212 valence electrons. The van der Waals surface area contributed by atoms with Gasteiger partial charge in [0.05, 0.1) is 35.9 Å². The second-order valence-electron chi connectivity index (χ2n) is 9.40. The van der Waals surface area contributed by atoms with Gasteiger partial charge in [-0.15, -0.1) is 0 Å². The first-order valence-electron chi connectivity index (χ1n) is 12.7. The summed E-state index contributed by atoms with van der Waals surface area (Å²) in [7, 11) is 0. The van der Waals surface area contributed by atoms with E-state index in [9.17, 15) is 27.9 Å². The number of ether oxygens (including phenoxy) is 2. The number of rotatable bonds is 8. The number of hydrogen-bond donors (Lipinski definition) is 2. The minimum atomic E-state index is -5.21. The molecule has 2 N–H and O–H groups in total. The SMILES string of the molecule is O=C1NCCc2c1cc(-c1ccnc(-c3ccc(OCC(O)CN4CCOCC4)cc3)c1)n2OC(=O)C(F)(F)F. The van der Waals surface area contributed by atoms with Crippen molar-refractivity contribution in [2.45, 2.75) is 18.7 Å². The summed E-state index contributed by atoms with van der Waals surface area (Å²) in [6.07, 6.45) is -4.21. The van der Waals surface area contributed by atoms with Crippen LogP contribution in [-0.4, -0.2) is 89.9 Å². The minimum absolute atomic E-state index is 0.109. The summed E-state index contributed by atoms with van der Waals surface area (Å²) in [5.41, 5.74) is 2.00. The van der Waals surface area contributed by atoms with Gasteiger partial charge in [-0.1, -0.05) is 0 Å². The second-order valence-corrected chi connectivity index (χ2v) is 9.40. The fourth-order valence-corrected chi connectivity index (χ4v) is 4.59. The number of pyridine rings is 1. The van der Waals surface area contributed by atoms with Gasteiger partial charge in [0, 0.05) is 49.9 Å². The number of alkyl halides is 3. The first-order valence-corrected chi connectivity index (χ1v) is 12.7. The molecular weight excluding hydrogens is 533 g/mol. The van der Waals surface area contributed by atoms with Crippen LogP contribution < -0.4 is 14.9 Å². The highest BCUT2D eigenvalue weighted by Crippen LogP contribution is 2.31. The van der Waals surface area contributed by atoms with E-state index in [0.717, 1.165) is 17.8 Å². The molecule has 0 saturated carbocycles. The van der Waals surface area contributed by atoms with Crippen molar-refractivity contribution in [2.24, 2.45) is 0 Å². The van der Waals surface area contributed by atoms with Crippen LogP contribution in [0.2, 0.25) is 0 Å². The number of fused-ring (bicyclic) bond motifs is 1. The Morgan fingerprint density at radius 3 is 2.60 bits per heavy atom. The molecule has 2 aromatic heterocycles. The molecule has 40 heavy (non-hydrogen) atoms. The number of morpholine rings is 1. The number of carbonyl (C=O) groups excluding carboxylic acids is 2. The van der Waals surface area contributed by atoms with Crippen LogP contribution >= 0.6 is 0 Å². The molecule has 5 rings (SSSR count). The third-order valence-electron chi connectivity index (χ3n) is 6.57. The standard InChI is InChI=1S/C27H27F3N4O6/c28-27(29,30)26(37)40-34-23-6-8-32-25(36)21(23)14-24(34)18-5-7-31-22(13-18)17-1-3-20(4-2-17)39-16-19(35)15-33-9-11-38-12-10-33/h1-5,7,13-14,19,35H,6,8-12,15-16H2,(H,32,36). The van der Waals surface area contributed by atoms with Crippen LogP contribution in [0, 0.1) is 0 Å². The monoisotopic (exact) mass is 560 g/mol. The maximum absolute atomic E-state index is 13.0. The number of aromatic nitrogens is 2. The fraction of sp³-hybridized carbons (Fsp3) is 0.370. The van der Waals surface area contributed by atoms with E-state index in [1.807, 2.05) is 0 Å². The molecule has 0 radical (unpaired) electrons. The van der Waals surface area contributed by atoms with Crippen LogP contribution in [0.3, 0.4) is 0 Å². The number of nitrogens with zero attached hydrogens (tertiary/aromatic N) is 3. The summed E-state index contributed by atoms with van der Waals surface area (Å²) in [6.45, 7) is 3.63. The normalized spacial score (nSPS) is 16.6. The number of β-amino-alcohol motifs (C(OH)–C–C–N with tert-alkyl or cyclic N) is 1. The van der Waals surface area contributed by atoms with Gasteiger partial charge in [0.25, 0.3) is 5.91 Å². The van der Waals surface area contributed by atoms with Crippen molar-refractivity contribution in [3.63, 3.8) is 0 Å². The zero-order valence-corrected chi connectivity index (χ0v) is 21.3. The van der Waals surface area contributed by atoms with Gasteiger partial charge in [-0.3, -0.25) is 14.7 Å². The first kappa shape index (κ1) is 27.6. The van der Waals surface area contributed by atoms with Gasteiger partial charge in [-0.25, -0.2) is 4.79 Å². The number of benzene rings is 1. The lowest BCUT2D eigenvalue weighted by molar-refractivity contribution is -0.199. The molecule has 1 fully saturated rings. The van der Waals surface area contributed by atoms with Gasteiger partial charge < -0.3 is 24.7 Å². The highest BCUT2D eigenvalue weighted by Gasteiger charge is 2.43. The topological polar surface area (TPSA) is 115 Å². The molecule has 2 aliphatic rings. The van der Waals surface area contributed by atoms with Crippen molar-refractivity contribution in [1.82, 2.24) is 19.9 Å². The van der Waals surface area contributed by atoms with E-state index < -0.39 is 24.2 Å². The van der Waals surface area contributed by atoms with Gasteiger partial charge in [-0.2, -0.15) is 17.9 Å². The Bertz CT molecular complexity index is 1370. The molecule has 1 atom stereocenters. The Kier molecular flexibility index (Phi) is 8.05. The predicted octanol–water partition coefficient (Wildman–Crippen LogP) is 2.09. The summed E-state index contributed by atoms with van der Waals surface area (Å²) in [5, 5.41) is 12.9. The van der Waals surface area contributed by atoms with Crippen LogP contribution in [-0.2, 0) is 16.0 Å². The van der Waals surface area contributed by atoms with Gasteiger partial charge in [-0.05, 0) is 42.5 Å². The van der Waals surface area contributed by atoms with Gasteiger partial charge >= 0.3 is 12.1 Å². The maximum atomic E-state index is 13.0. The lowest BCUT2D eigenvalue weighted by Gasteiger charge is -2.28. The second kappa shape index (κ2) is 11.7. The predicted molar refractivity (Wildman–Crippen MR) is 136 cm³/mol. The summed E-state index contributed by atoms with van der Waals surface area (Å²) in [6, 6.07) is 11.5. The van der Waals surface area contributed by atoms with Crippen LogP contribution in [0.15, 0.2) is 48.7 Å². The van der Waals surface area contributed by atoms with Crippen molar-refractivity contribution in [3.8, 4) is 28.3 Å². The lowest BCUT2D eigenvalue weighted by Crippen LogP contribution is -2.42. The van der Waals surface area contributed by atoms with E-state index in [1.165, 1.54) is 12.3 Å². The van der Waals surface area contributed by atoms with E-state index in [-0.39, 0.29) is 36.5 Å². The molecule has 0 spiro atoms. The number of nitrogens with one attached hydrogen (secondary N) is 1. The number of halogens is 3. The first-order chi connectivity index (χ1) is 19.2. The number of hydrogen-bond acceptors (Lipinski definition) is 8. The Labute approximate surface area is 227 Å². The van der Waals surface area contributed by atoms with Crippen LogP contribution in [0.5, 0.6) is 5.75 Å². The summed E-state index contributed by atoms with van der Waals surface area (Å²) >= 11 is 0. The molecule has 3 aromatic rings. The number of amides is 1. The molecule has 1 unspecified atom stereocenters. The van der Waals surface area contributed by atoms with E-state index in [4.69, 9.17) is 14.3 Å². The van der Waals surface area contributed by atoms with Crippen molar-refractivity contribution in [3.05, 3.63) is 59.9 Å². The molecular formula is C27H27F3N4O6. The van der Waals surface area contributed by atoms with E-state index >= 15 is 0 Å². The number of aliphatic hydroxyl groups is 1. The zero-order chi connectivity index (χ0) is 28.3. The van der Waals surface area contributed by atoms with Crippen molar-refractivity contribution in [2.75, 3.05) is 46.0 Å². The number of carbonyl (C=O) groups is 2. The third-order valence-corrected chi connectivity index (χ3v) is 6.57. The van der Waals surface area contributed by atoms with Crippen LogP contribution in [0.25, 0.3) is 22.5 Å². The van der Waals surface area contributed by atoms with E-state index in [0.29, 0.717) is 42.3 Å². The Morgan fingerprint density at radius 2 is 1.88 bits per heavy atom. The maximum Gasteiger partial charge on any atom is 0.493 e. The molecule has 4 heterocycles. The quantitative estimate of drug-likeness (QED) is 0.431. The Morgan fingerprint density at radius 1 is 1.12 bits per heavy atom. The van der Waals surface area contributed by atoms with Crippen LogP contribution in [0.1, 0.15) is 16.1 Å². The fourth-order valence-electron chi connectivity index (χ4n) is 4.59. The highest BCUT2D eigenvalue weighted by atomic mass is 19.4. The minimum Gasteiger partial charge on any atom is -0.491 e. The summed E-state index contributed by atoms with van der Waals surface area (Å²) in [5.74, 6) is -2.31. The van der Waals surface area contributed by atoms with Gasteiger partial charge in [0.1, 0.15) is 18.5 Å². The summed E-state index contributed by atoms with van der Waals surface area (Å²) in [4.78, 5) is 35.2. The average Bonchev–Trinajstić information content (AvgIpc) is 3.32. The lowest BCUT2D eigenvalue weighted by atomic mass is 10.1. The molecule has 13 heteroatoms. The van der Waals surface area contributed by atoms with Crippen molar-refractivity contribution in [1.29, 1.82) is 0 Å². The van der Waals surface area contributed by atoms with Gasteiger partial charge in [0.2, 0.25) is 0 Å². The van der Waals surface area contributed by atoms with E-state index in [2.05, 4.69) is 15.2 Å². The van der Waals surface area contributed by atoms with E-state index in [1.54, 1.807) is 36.4 Å². The Hall–Kier alpha value is -3.94. The molecule has 0 bridgehead atoms.